The molecule has 2 heteroatoms. The van der Waals surface area contributed by atoms with Gasteiger partial charge in [-0.25, -0.2) is 0 Å². The predicted molar refractivity (Wildman–Crippen MR) is 117 cm³/mol. The second-order valence-electron chi connectivity index (χ2n) is 8.18. The molecule has 1 N–H and O–H groups in total. The van der Waals surface area contributed by atoms with Crippen LogP contribution in [0.25, 0.3) is 0 Å². The number of carboxylic acid groups (broad SMARTS) is 1. The molecule has 0 aliphatic rings. The van der Waals surface area contributed by atoms with E-state index in [1.54, 1.807) is 0 Å². The van der Waals surface area contributed by atoms with Crippen molar-refractivity contribution in [3.63, 3.8) is 0 Å². The Hall–Kier alpha value is -1.31. The molecule has 1 aromatic rings. The van der Waals surface area contributed by atoms with Gasteiger partial charge in [0.1, 0.15) is 0 Å². The minimum Gasteiger partial charge on any atom is -0.481 e. The summed E-state index contributed by atoms with van der Waals surface area (Å²) in [6.07, 6.45) is 20.6. The van der Waals surface area contributed by atoms with E-state index < -0.39 is 5.97 Å². The van der Waals surface area contributed by atoms with E-state index in [1.807, 2.05) is 6.07 Å². The summed E-state index contributed by atoms with van der Waals surface area (Å²) in [6.45, 7) is 4.41. The van der Waals surface area contributed by atoms with E-state index in [0.717, 1.165) is 12.0 Å². The summed E-state index contributed by atoms with van der Waals surface area (Å²) in [5.41, 5.74) is 3.54. The highest BCUT2D eigenvalue weighted by molar-refractivity contribution is 5.70. The molecule has 154 valence electrons. The molecular formula is C25H42O2. The highest BCUT2D eigenvalue weighted by atomic mass is 16.4. The zero-order valence-corrected chi connectivity index (χ0v) is 17.9. The third-order valence-corrected chi connectivity index (χ3v) is 5.57. The van der Waals surface area contributed by atoms with Gasteiger partial charge in [0.25, 0.3) is 0 Å². The molecule has 0 bridgehead atoms. The van der Waals surface area contributed by atoms with Gasteiger partial charge in [0, 0.05) is 0 Å². The first-order valence-electron chi connectivity index (χ1n) is 11.4. The van der Waals surface area contributed by atoms with Crippen LogP contribution in [-0.2, 0) is 17.6 Å². The lowest BCUT2D eigenvalue weighted by molar-refractivity contribution is -0.136. The van der Waals surface area contributed by atoms with E-state index in [1.165, 1.54) is 101 Å². The van der Waals surface area contributed by atoms with Gasteiger partial charge in [0.2, 0.25) is 0 Å². The van der Waals surface area contributed by atoms with E-state index in [4.69, 9.17) is 5.11 Å². The molecule has 0 atom stereocenters. The smallest absolute Gasteiger partial charge is 0.307 e. The Balaban J connectivity index is 1.98. The molecule has 27 heavy (non-hydrogen) atoms. The normalized spacial score (nSPS) is 11.0. The quantitative estimate of drug-likeness (QED) is 0.284. The Morgan fingerprint density at radius 1 is 0.778 bits per heavy atom. The van der Waals surface area contributed by atoms with E-state index in [0.29, 0.717) is 0 Å². The number of carbonyl (C=O) groups is 1. The van der Waals surface area contributed by atoms with E-state index in [9.17, 15) is 4.79 Å². The van der Waals surface area contributed by atoms with E-state index in [-0.39, 0.29) is 6.42 Å². The van der Waals surface area contributed by atoms with Crippen LogP contribution in [0.5, 0.6) is 0 Å². The monoisotopic (exact) mass is 374 g/mol. The summed E-state index contributed by atoms with van der Waals surface area (Å²) < 4.78 is 0. The number of rotatable bonds is 17. The summed E-state index contributed by atoms with van der Waals surface area (Å²) in [4.78, 5) is 10.9. The van der Waals surface area contributed by atoms with Crippen molar-refractivity contribution in [2.24, 2.45) is 0 Å². The first-order valence-corrected chi connectivity index (χ1v) is 11.4. The van der Waals surface area contributed by atoms with Crippen molar-refractivity contribution in [1.82, 2.24) is 0 Å². The van der Waals surface area contributed by atoms with Crippen molar-refractivity contribution in [1.29, 1.82) is 0 Å². The molecule has 2 nitrogen and oxygen atoms in total. The van der Waals surface area contributed by atoms with Gasteiger partial charge in [0.05, 0.1) is 6.42 Å². The highest BCUT2D eigenvalue weighted by Crippen LogP contribution is 2.17. The van der Waals surface area contributed by atoms with Crippen molar-refractivity contribution in [3.05, 3.63) is 34.9 Å². The maximum absolute atomic E-state index is 10.9. The highest BCUT2D eigenvalue weighted by Gasteiger charge is 2.04. The molecule has 0 aliphatic heterocycles. The van der Waals surface area contributed by atoms with Crippen molar-refractivity contribution >= 4 is 5.97 Å². The average molecular weight is 375 g/mol. The van der Waals surface area contributed by atoms with Gasteiger partial charge < -0.3 is 5.11 Å². The lowest BCUT2D eigenvalue weighted by Gasteiger charge is -2.08. The summed E-state index contributed by atoms with van der Waals surface area (Å²) >= 11 is 0. The molecule has 0 saturated heterocycles. The molecule has 0 unspecified atom stereocenters. The molecular weight excluding hydrogens is 332 g/mol. The molecule has 1 rings (SSSR count). The Morgan fingerprint density at radius 2 is 1.26 bits per heavy atom. The van der Waals surface area contributed by atoms with E-state index in [2.05, 4.69) is 26.0 Å². The summed E-state index contributed by atoms with van der Waals surface area (Å²) in [7, 11) is 0. The summed E-state index contributed by atoms with van der Waals surface area (Å²) in [6, 6.07) is 6.10. The van der Waals surface area contributed by atoms with Crippen LogP contribution in [0.3, 0.4) is 0 Å². The molecule has 0 aliphatic carbocycles. The number of benzene rings is 1. The Labute approximate surface area is 167 Å². The zero-order chi connectivity index (χ0) is 19.7. The van der Waals surface area contributed by atoms with Crippen LogP contribution in [0.15, 0.2) is 18.2 Å². The van der Waals surface area contributed by atoms with Gasteiger partial charge in [0.15, 0.2) is 0 Å². The zero-order valence-electron chi connectivity index (χ0n) is 17.9. The molecule has 0 fully saturated rings. The van der Waals surface area contributed by atoms with Crippen molar-refractivity contribution in [3.8, 4) is 0 Å². The molecule has 0 saturated carbocycles. The fourth-order valence-electron chi connectivity index (χ4n) is 3.79. The van der Waals surface area contributed by atoms with Gasteiger partial charge in [-0.3, -0.25) is 4.79 Å². The van der Waals surface area contributed by atoms with Crippen LogP contribution >= 0.6 is 0 Å². The lowest BCUT2D eigenvalue weighted by atomic mass is 9.98. The summed E-state index contributed by atoms with van der Waals surface area (Å²) in [5, 5.41) is 8.94. The molecule has 0 amide bonds. The van der Waals surface area contributed by atoms with Crippen molar-refractivity contribution < 1.29 is 9.90 Å². The van der Waals surface area contributed by atoms with Crippen LogP contribution in [0.1, 0.15) is 114 Å². The number of hydrogen-bond acceptors (Lipinski definition) is 1. The molecule has 0 heterocycles. The first-order chi connectivity index (χ1) is 13.1. The predicted octanol–water partition coefficient (Wildman–Crippen LogP) is 7.65. The molecule has 1 aromatic carbocycles. The van der Waals surface area contributed by atoms with E-state index >= 15 is 0 Å². The Kier molecular flexibility index (Phi) is 13.8. The third kappa shape index (κ3) is 12.7. The average Bonchev–Trinajstić information content (AvgIpc) is 2.64. The fraction of sp³-hybridized carbons (Fsp3) is 0.720. The second kappa shape index (κ2) is 15.7. The summed E-state index contributed by atoms with van der Waals surface area (Å²) in [5.74, 6) is -0.749. The second-order valence-corrected chi connectivity index (χ2v) is 8.18. The van der Waals surface area contributed by atoms with Gasteiger partial charge >= 0.3 is 5.97 Å². The number of aliphatic carboxylic acids is 1. The number of carboxylic acids is 1. The third-order valence-electron chi connectivity index (χ3n) is 5.57. The maximum atomic E-state index is 10.9. The number of aryl methyl sites for hydroxylation is 2. The molecule has 0 aromatic heterocycles. The Bertz CT molecular complexity index is 507. The lowest BCUT2D eigenvalue weighted by Crippen LogP contribution is -2.01. The Morgan fingerprint density at radius 3 is 1.74 bits per heavy atom. The van der Waals surface area contributed by atoms with Gasteiger partial charge in [-0.1, -0.05) is 109 Å². The molecule has 0 spiro atoms. The standard InChI is InChI=1S/C25H42O2/c1-3-4-5-6-7-8-9-10-11-12-13-14-15-16-17-24-20-23(21-25(26)27)19-18-22(24)2/h18-20H,3-17,21H2,1-2H3,(H,26,27). The van der Waals surface area contributed by atoms with Gasteiger partial charge in [-0.15, -0.1) is 0 Å². The number of unbranched alkanes of at least 4 members (excludes halogenated alkanes) is 13. The van der Waals surface area contributed by atoms with Gasteiger partial charge in [-0.05, 0) is 36.5 Å². The topological polar surface area (TPSA) is 37.3 Å². The first kappa shape index (κ1) is 23.7. The van der Waals surface area contributed by atoms with Crippen LogP contribution < -0.4 is 0 Å². The minimum absolute atomic E-state index is 0.131. The minimum atomic E-state index is -0.749. The fourth-order valence-corrected chi connectivity index (χ4v) is 3.79. The van der Waals surface area contributed by atoms with Crippen LogP contribution in [0.4, 0.5) is 0 Å². The molecule has 0 radical (unpaired) electrons. The SMILES string of the molecule is CCCCCCCCCCCCCCCCc1cc(CC(=O)O)ccc1C. The van der Waals surface area contributed by atoms with Crippen LogP contribution in [0, 0.1) is 6.92 Å². The maximum Gasteiger partial charge on any atom is 0.307 e. The van der Waals surface area contributed by atoms with Crippen LogP contribution in [-0.4, -0.2) is 11.1 Å². The largest absolute Gasteiger partial charge is 0.481 e. The van der Waals surface area contributed by atoms with Crippen molar-refractivity contribution in [2.75, 3.05) is 0 Å². The van der Waals surface area contributed by atoms with Crippen LogP contribution in [0.2, 0.25) is 0 Å². The van der Waals surface area contributed by atoms with Crippen molar-refractivity contribution in [2.45, 2.75) is 117 Å². The van der Waals surface area contributed by atoms with Gasteiger partial charge in [-0.2, -0.15) is 0 Å². The number of hydrogen-bond donors (Lipinski definition) is 1.